The van der Waals surface area contributed by atoms with Crippen molar-refractivity contribution in [2.24, 2.45) is 0 Å². The Hall–Kier alpha value is -3.27. The molecule has 0 saturated heterocycles. The summed E-state index contributed by atoms with van der Waals surface area (Å²) in [6.07, 6.45) is 0. The van der Waals surface area contributed by atoms with Crippen LogP contribution in [0.3, 0.4) is 0 Å². The number of rotatable bonds is 7. The molecule has 0 fully saturated rings. The molecule has 0 atom stereocenters. The van der Waals surface area contributed by atoms with Crippen LogP contribution in [0, 0.1) is 13.8 Å². The maximum atomic E-state index is 12.2. The number of para-hydroxylation sites is 1. The summed E-state index contributed by atoms with van der Waals surface area (Å²) in [5.74, 6) is 0.723. The number of ether oxygens (including phenoxy) is 1. The molecule has 0 aromatic heterocycles. The molecule has 0 bridgehead atoms. The number of amides is 1. The Balaban J connectivity index is 1.49. The number of nitrogens with one attached hydrogen (secondary N) is 2. The quantitative estimate of drug-likeness (QED) is 0.628. The van der Waals surface area contributed by atoms with Gasteiger partial charge < -0.3 is 15.4 Å². The second-order valence-electron chi connectivity index (χ2n) is 6.47. The van der Waals surface area contributed by atoms with E-state index in [0.29, 0.717) is 6.61 Å². The Bertz CT molecular complexity index is 870. The molecule has 0 unspecified atom stereocenters. The van der Waals surface area contributed by atoms with Gasteiger partial charge in [0, 0.05) is 11.4 Å². The van der Waals surface area contributed by atoms with Crippen LogP contribution >= 0.6 is 0 Å². The van der Waals surface area contributed by atoms with Crippen LogP contribution in [0.15, 0.2) is 72.8 Å². The van der Waals surface area contributed by atoms with E-state index in [9.17, 15) is 4.79 Å². The zero-order valence-corrected chi connectivity index (χ0v) is 15.7. The molecule has 0 radical (unpaired) electrons. The summed E-state index contributed by atoms with van der Waals surface area (Å²) in [7, 11) is 0. The van der Waals surface area contributed by atoms with Gasteiger partial charge in [0.1, 0.15) is 12.4 Å². The Morgan fingerprint density at radius 2 is 1.52 bits per heavy atom. The van der Waals surface area contributed by atoms with E-state index in [0.717, 1.165) is 33.8 Å². The number of carbonyl (C=O) groups is 1. The van der Waals surface area contributed by atoms with Crippen molar-refractivity contribution in [2.75, 3.05) is 17.2 Å². The highest BCUT2D eigenvalue weighted by Crippen LogP contribution is 2.20. The Kier molecular flexibility index (Phi) is 6.10. The lowest BCUT2D eigenvalue weighted by Gasteiger charge is -2.12. The van der Waals surface area contributed by atoms with E-state index in [1.165, 1.54) is 0 Å². The first-order chi connectivity index (χ1) is 13.1. The summed E-state index contributed by atoms with van der Waals surface area (Å²) in [6, 6.07) is 23.6. The lowest BCUT2D eigenvalue weighted by Crippen LogP contribution is -2.22. The van der Waals surface area contributed by atoms with Crippen LogP contribution < -0.4 is 15.4 Å². The van der Waals surface area contributed by atoms with E-state index in [1.807, 2.05) is 86.6 Å². The molecule has 0 heterocycles. The van der Waals surface area contributed by atoms with Crippen LogP contribution in [0.2, 0.25) is 0 Å². The highest BCUT2D eigenvalue weighted by molar-refractivity contribution is 5.95. The van der Waals surface area contributed by atoms with Gasteiger partial charge >= 0.3 is 0 Å². The Morgan fingerprint density at radius 3 is 2.19 bits per heavy atom. The largest absolute Gasteiger partial charge is 0.489 e. The Labute approximate surface area is 160 Å². The average molecular weight is 360 g/mol. The second-order valence-corrected chi connectivity index (χ2v) is 6.47. The van der Waals surface area contributed by atoms with Crippen molar-refractivity contribution in [1.82, 2.24) is 0 Å². The third kappa shape index (κ3) is 5.35. The SMILES string of the molecule is Cc1cccc(C)c1NC(=O)CNc1ccc(OCc2ccccc2)cc1. The maximum absolute atomic E-state index is 12.2. The van der Waals surface area contributed by atoms with Gasteiger partial charge in [0.2, 0.25) is 5.91 Å². The first-order valence-electron chi connectivity index (χ1n) is 8.98. The fourth-order valence-electron chi connectivity index (χ4n) is 2.79. The summed E-state index contributed by atoms with van der Waals surface area (Å²) in [5, 5.41) is 6.11. The van der Waals surface area contributed by atoms with Gasteiger partial charge in [0.25, 0.3) is 0 Å². The molecule has 0 spiro atoms. The summed E-state index contributed by atoms with van der Waals surface area (Å²) >= 11 is 0. The predicted octanol–water partition coefficient (Wildman–Crippen LogP) is 4.93. The van der Waals surface area contributed by atoms with E-state index in [1.54, 1.807) is 0 Å². The topological polar surface area (TPSA) is 50.4 Å². The van der Waals surface area contributed by atoms with Crippen molar-refractivity contribution in [3.63, 3.8) is 0 Å². The molecule has 27 heavy (non-hydrogen) atoms. The van der Waals surface area contributed by atoms with Crippen molar-refractivity contribution in [1.29, 1.82) is 0 Å². The third-order valence-corrected chi connectivity index (χ3v) is 4.30. The van der Waals surface area contributed by atoms with Gasteiger partial charge in [-0.15, -0.1) is 0 Å². The Morgan fingerprint density at radius 1 is 0.852 bits per heavy atom. The monoisotopic (exact) mass is 360 g/mol. The van der Waals surface area contributed by atoms with Crippen molar-refractivity contribution in [3.8, 4) is 5.75 Å². The molecule has 138 valence electrons. The number of benzene rings is 3. The molecule has 1 amide bonds. The molecule has 3 aromatic rings. The first kappa shape index (κ1) is 18.5. The molecule has 3 rings (SSSR count). The lowest BCUT2D eigenvalue weighted by atomic mass is 10.1. The minimum absolute atomic E-state index is 0.0724. The molecule has 4 heteroatoms. The number of carbonyl (C=O) groups excluding carboxylic acids is 1. The number of anilines is 2. The molecular weight excluding hydrogens is 336 g/mol. The lowest BCUT2D eigenvalue weighted by molar-refractivity contribution is -0.114. The molecule has 0 aliphatic rings. The van der Waals surface area contributed by atoms with Gasteiger partial charge in [0.15, 0.2) is 0 Å². The molecule has 2 N–H and O–H groups in total. The van der Waals surface area contributed by atoms with Gasteiger partial charge in [-0.05, 0) is 54.8 Å². The molecule has 3 aromatic carbocycles. The predicted molar refractivity (Wildman–Crippen MR) is 110 cm³/mol. The fraction of sp³-hybridized carbons (Fsp3) is 0.174. The van der Waals surface area contributed by atoms with Crippen LogP contribution in [0.4, 0.5) is 11.4 Å². The smallest absolute Gasteiger partial charge is 0.243 e. The molecule has 0 aliphatic heterocycles. The van der Waals surface area contributed by atoms with Gasteiger partial charge in [-0.3, -0.25) is 4.79 Å². The van der Waals surface area contributed by atoms with Crippen molar-refractivity contribution >= 4 is 17.3 Å². The van der Waals surface area contributed by atoms with Crippen LogP contribution in [-0.2, 0) is 11.4 Å². The summed E-state index contributed by atoms with van der Waals surface area (Å²) in [4.78, 5) is 12.2. The zero-order valence-electron chi connectivity index (χ0n) is 15.7. The number of hydrogen-bond acceptors (Lipinski definition) is 3. The van der Waals surface area contributed by atoms with E-state index in [2.05, 4.69) is 10.6 Å². The maximum Gasteiger partial charge on any atom is 0.243 e. The normalized spacial score (nSPS) is 10.3. The van der Waals surface area contributed by atoms with Gasteiger partial charge in [-0.2, -0.15) is 0 Å². The molecule has 0 aliphatic carbocycles. The summed E-state index contributed by atoms with van der Waals surface area (Å²) < 4.78 is 5.77. The van der Waals surface area contributed by atoms with Crippen LogP contribution in [-0.4, -0.2) is 12.5 Å². The average Bonchev–Trinajstić information content (AvgIpc) is 2.69. The van der Waals surface area contributed by atoms with Gasteiger partial charge in [-0.1, -0.05) is 48.5 Å². The van der Waals surface area contributed by atoms with Crippen molar-refractivity contribution in [2.45, 2.75) is 20.5 Å². The minimum atomic E-state index is -0.0724. The standard InChI is InChI=1S/C23H24N2O2/c1-17-7-6-8-18(2)23(17)25-22(26)15-24-20-11-13-21(14-12-20)27-16-19-9-4-3-5-10-19/h3-14,24H,15-16H2,1-2H3,(H,25,26). The zero-order chi connectivity index (χ0) is 19.1. The van der Waals surface area contributed by atoms with Crippen molar-refractivity contribution < 1.29 is 9.53 Å². The highest BCUT2D eigenvalue weighted by Gasteiger charge is 2.07. The minimum Gasteiger partial charge on any atom is -0.489 e. The van der Waals surface area contributed by atoms with Crippen molar-refractivity contribution in [3.05, 3.63) is 89.5 Å². The number of aryl methyl sites for hydroxylation is 2. The van der Waals surface area contributed by atoms with E-state index in [4.69, 9.17) is 4.74 Å². The van der Waals surface area contributed by atoms with E-state index >= 15 is 0 Å². The van der Waals surface area contributed by atoms with Crippen LogP contribution in [0.25, 0.3) is 0 Å². The summed E-state index contributed by atoms with van der Waals surface area (Å²) in [6.45, 7) is 4.72. The third-order valence-electron chi connectivity index (χ3n) is 4.30. The second kappa shape index (κ2) is 8.90. The van der Waals surface area contributed by atoms with Gasteiger partial charge in [-0.25, -0.2) is 0 Å². The van der Waals surface area contributed by atoms with Crippen LogP contribution in [0.5, 0.6) is 5.75 Å². The first-order valence-corrected chi connectivity index (χ1v) is 8.98. The van der Waals surface area contributed by atoms with E-state index < -0.39 is 0 Å². The molecule has 0 saturated carbocycles. The fourth-order valence-corrected chi connectivity index (χ4v) is 2.79. The van der Waals surface area contributed by atoms with Crippen LogP contribution in [0.1, 0.15) is 16.7 Å². The molecular formula is C23H24N2O2. The molecule has 4 nitrogen and oxygen atoms in total. The van der Waals surface area contributed by atoms with E-state index in [-0.39, 0.29) is 12.5 Å². The summed E-state index contributed by atoms with van der Waals surface area (Å²) in [5.41, 5.74) is 5.00. The number of hydrogen-bond donors (Lipinski definition) is 2. The van der Waals surface area contributed by atoms with Gasteiger partial charge in [0.05, 0.1) is 6.54 Å². The highest BCUT2D eigenvalue weighted by atomic mass is 16.5.